The number of allylic oxidation sites excluding steroid dienone is 1. The monoisotopic (exact) mass is 545 g/mol. The van der Waals surface area contributed by atoms with Crippen molar-refractivity contribution in [3.05, 3.63) is 93.1 Å². The van der Waals surface area contributed by atoms with Crippen molar-refractivity contribution in [1.29, 1.82) is 0 Å². The first-order chi connectivity index (χ1) is 19.1. The van der Waals surface area contributed by atoms with Gasteiger partial charge in [0.25, 0.3) is 0 Å². The zero-order valence-electron chi connectivity index (χ0n) is 21.5. The molecule has 6 rings (SSSR count). The number of carbonyl (C=O) groups is 2. The van der Waals surface area contributed by atoms with Crippen LogP contribution in [0.5, 0.6) is 0 Å². The number of hydrogen-bond donors (Lipinski definition) is 2. The fraction of sp³-hybridized carbons (Fsp3) is 0.355. The number of fused-ring (bicyclic) bond motifs is 3. The molecule has 2 aliphatic heterocycles. The van der Waals surface area contributed by atoms with Crippen molar-refractivity contribution in [2.24, 2.45) is 17.8 Å². The summed E-state index contributed by atoms with van der Waals surface area (Å²) in [4.78, 5) is 29.2. The summed E-state index contributed by atoms with van der Waals surface area (Å²) in [6, 6.07) is 17.5. The van der Waals surface area contributed by atoms with Gasteiger partial charge in [0, 0.05) is 10.8 Å². The Morgan fingerprint density at radius 1 is 1.00 bits per heavy atom. The number of benzene rings is 1. The lowest BCUT2D eigenvalue weighted by molar-refractivity contribution is -0.140. The van der Waals surface area contributed by atoms with Gasteiger partial charge in [-0.1, -0.05) is 36.4 Å². The van der Waals surface area contributed by atoms with E-state index >= 15 is 0 Å². The van der Waals surface area contributed by atoms with Gasteiger partial charge in [0.2, 0.25) is 11.8 Å². The summed E-state index contributed by atoms with van der Waals surface area (Å²) >= 11 is 1.54. The Balaban J connectivity index is 1.23. The number of hydrogen-bond acceptors (Lipinski definition) is 7. The van der Waals surface area contributed by atoms with E-state index in [1.807, 2.05) is 47.9 Å². The molecule has 2 aromatic heterocycles. The molecule has 2 amide bonds. The number of ether oxygens (including phenoxy) is 1. The molecule has 202 valence electrons. The average Bonchev–Trinajstić information content (AvgIpc) is 3.77. The van der Waals surface area contributed by atoms with Crippen molar-refractivity contribution in [3.63, 3.8) is 0 Å². The third kappa shape index (κ3) is 4.94. The fourth-order valence-corrected chi connectivity index (χ4v) is 7.06. The third-order valence-electron chi connectivity index (χ3n) is 8.16. The van der Waals surface area contributed by atoms with Crippen LogP contribution in [-0.4, -0.2) is 46.2 Å². The van der Waals surface area contributed by atoms with Gasteiger partial charge in [-0.2, -0.15) is 0 Å². The molecule has 0 saturated carbocycles. The van der Waals surface area contributed by atoms with Gasteiger partial charge in [0.1, 0.15) is 18.1 Å². The lowest BCUT2D eigenvalue weighted by Gasteiger charge is -2.31. The average molecular weight is 546 g/mol. The molecule has 2 N–H and O–H groups in total. The van der Waals surface area contributed by atoms with E-state index in [1.165, 1.54) is 16.2 Å². The highest BCUT2D eigenvalue weighted by Crippen LogP contribution is 2.50. The van der Waals surface area contributed by atoms with Gasteiger partial charge < -0.3 is 19.4 Å². The molecule has 2 fully saturated rings. The molecule has 0 spiro atoms. The third-order valence-corrected chi connectivity index (χ3v) is 9.02. The van der Waals surface area contributed by atoms with E-state index in [2.05, 4.69) is 12.1 Å². The first-order valence-electron chi connectivity index (χ1n) is 13.3. The largest absolute Gasteiger partial charge is 0.459 e. The van der Waals surface area contributed by atoms with Crippen LogP contribution in [0.3, 0.4) is 0 Å². The summed E-state index contributed by atoms with van der Waals surface area (Å²) in [7, 11) is 0. The first-order valence-corrected chi connectivity index (χ1v) is 14.2. The number of aliphatic hydroxyl groups excluding tert-OH is 2. The highest BCUT2D eigenvalue weighted by Gasteiger charge is 2.56. The second-order valence-electron chi connectivity index (χ2n) is 10.4. The fourth-order valence-electron chi connectivity index (χ4n) is 6.37. The Labute approximate surface area is 231 Å². The number of aliphatic hydroxyl groups is 2. The summed E-state index contributed by atoms with van der Waals surface area (Å²) in [5.74, 6) is -0.144. The number of nitrogens with zero attached hydrogens (tertiary/aromatic N) is 1. The van der Waals surface area contributed by atoms with Gasteiger partial charge in [0.05, 0.1) is 37.7 Å². The number of imide groups is 1. The van der Waals surface area contributed by atoms with Crippen LogP contribution in [0.1, 0.15) is 41.2 Å². The van der Waals surface area contributed by atoms with Crippen molar-refractivity contribution in [2.45, 2.75) is 38.5 Å². The normalized spacial score (nSPS) is 25.0. The lowest BCUT2D eigenvalue weighted by atomic mass is 9.69. The van der Waals surface area contributed by atoms with Crippen LogP contribution in [0.4, 0.5) is 0 Å². The van der Waals surface area contributed by atoms with Crippen LogP contribution in [0.15, 0.2) is 75.5 Å². The smallest absolute Gasteiger partial charge is 0.234 e. The molecule has 0 radical (unpaired) electrons. The summed E-state index contributed by atoms with van der Waals surface area (Å²) in [5, 5.41) is 21.6. The zero-order valence-corrected chi connectivity index (χ0v) is 22.3. The molecular formula is C31H31NO6S. The number of amides is 2. The summed E-state index contributed by atoms with van der Waals surface area (Å²) in [6.45, 7) is 0.384. The van der Waals surface area contributed by atoms with Gasteiger partial charge in [0.15, 0.2) is 0 Å². The van der Waals surface area contributed by atoms with E-state index in [0.29, 0.717) is 43.9 Å². The predicted octanol–water partition coefficient (Wildman–Crippen LogP) is 4.66. The van der Waals surface area contributed by atoms with Gasteiger partial charge in [-0.25, -0.2) is 0 Å². The number of likely N-dealkylation sites (tertiary alicyclic amines) is 1. The van der Waals surface area contributed by atoms with Crippen LogP contribution in [0, 0.1) is 17.8 Å². The van der Waals surface area contributed by atoms with E-state index in [0.717, 1.165) is 27.2 Å². The van der Waals surface area contributed by atoms with Gasteiger partial charge in [-0.05, 0) is 71.2 Å². The highest BCUT2D eigenvalue weighted by atomic mass is 32.1. The maximum atomic E-state index is 13.5. The molecular weight excluding hydrogens is 514 g/mol. The van der Waals surface area contributed by atoms with Crippen molar-refractivity contribution in [1.82, 2.24) is 4.90 Å². The molecule has 1 aliphatic carbocycles. The second kappa shape index (κ2) is 11.1. The van der Waals surface area contributed by atoms with Crippen LogP contribution >= 0.6 is 11.3 Å². The quantitative estimate of drug-likeness (QED) is 0.300. The molecule has 3 aliphatic rings. The molecule has 0 unspecified atom stereocenters. The van der Waals surface area contributed by atoms with Crippen molar-refractivity contribution >= 4 is 34.8 Å². The summed E-state index contributed by atoms with van der Waals surface area (Å²) < 4.78 is 12.0. The summed E-state index contributed by atoms with van der Waals surface area (Å²) in [6.07, 6.45) is 3.51. The van der Waals surface area contributed by atoms with Gasteiger partial charge in [-0.15, -0.1) is 11.3 Å². The highest BCUT2D eigenvalue weighted by molar-refractivity contribution is 7.09. The van der Waals surface area contributed by atoms with E-state index < -0.39 is 11.8 Å². The van der Waals surface area contributed by atoms with Crippen LogP contribution in [-0.2, 0) is 27.5 Å². The topological polar surface area (TPSA) is 100 Å². The van der Waals surface area contributed by atoms with E-state index in [9.17, 15) is 19.8 Å². The minimum Gasteiger partial charge on any atom is -0.459 e. The van der Waals surface area contributed by atoms with Crippen LogP contribution in [0.25, 0.3) is 11.6 Å². The molecule has 8 heteroatoms. The maximum Gasteiger partial charge on any atom is 0.234 e. The molecule has 0 bridgehead atoms. The second-order valence-corrected chi connectivity index (χ2v) is 11.4. The van der Waals surface area contributed by atoms with Gasteiger partial charge in [-0.3, -0.25) is 14.5 Å². The molecule has 4 heterocycles. The standard InChI is InChI=1S/C31H31NO6S/c33-16-21-14-25-29(31(36)32(30(25)35)15-24-7-4-12-39-24)26-18-37-27(28(21)26)11-8-20(19-5-2-1-3-6-19)13-22-9-10-23(17-34)38-22/h1-7,9-10,12-13,25-27,29,33-34H,8,11,14-18H2/b20-13-/t25-,26+,27-,29-/m1/s1. The summed E-state index contributed by atoms with van der Waals surface area (Å²) in [5.41, 5.74) is 3.98. The first kappa shape index (κ1) is 26.0. The van der Waals surface area contributed by atoms with Crippen molar-refractivity contribution < 1.29 is 29.0 Å². The minimum absolute atomic E-state index is 0.121. The Morgan fingerprint density at radius 3 is 2.56 bits per heavy atom. The zero-order chi connectivity index (χ0) is 26.9. The minimum atomic E-state index is -0.435. The van der Waals surface area contributed by atoms with E-state index in [4.69, 9.17) is 9.15 Å². The number of thiophene rings is 1. The van der Waals surface area contributed by atoms with Crippen LogP contribution in [0.2, 0.25) is 0 Å². The SMILES string of the molecule is O=C1[C@@H]2[C@@H](CC(CO)=C3[C@@H](CC/C(=C/c4ccc(CO)o4)c4ccccc4)OC[C@@H]32)C(=O)N1Cc1cccs1. The van der Waals surface area contributed by atoms with Crippen LogP contribution < -0.4 is 0 Å². The number of rotatable bonds is 9. The van der Waals surface area contributed by atoms with Crippen molar-refractivity contribution in [2.75, 3.05) is 13.2 Å². The van der Waals surface area contributed by atoms with E-state index in [-0.39, 0.29) is 37.0 Å². The van der Waals surface area contributed by atoms with Crippen molar-refractivity contribution in [3.8, 4) is 0 Å². The molecule has 3 aromatic rings. The number of furan rings is 1. The number of carbonyl (C=O) groups excluding carboxylic acids is 2. The molecule has 39 heavy (non-hydrogen) atoms. The molecule has 4 atom stereocenters. The lowest BCUT2D eigenvalue weighted by Crippen LogP contribution is -2.34. The molecule has 2 saturated heterocycles. The maximum absolute atomic E-state index is 13.5. The Bertz CT molecular complexity index is 1410. The molecule has 7 nitrogen and oxygen atoms in total. The Hall–Kier alpha value is -3.30. The molecule has 1 aromatic carbocycles. The Kier molecular flexibility index (Phi) is 7.36. The Morgan fingerprint density at radius 2 is 1.85 bits per heavy atom. The predicted molar refractivity (Wildman–Crippen MR) is 147 cm³/mol. The van der Waals surface area contributed by atoms with E-state index in [1.54, 1.807) is 6.07 Å². The van der Waals surface area contributed by atoms with Gasteiger partial charge >= 0.3 is 0 Å².